The van der Waals surface area contributed by atoms with Gasteiger partial charge in [-0.25, -0.2) is 4.39 Å². The third-order valence-electron chi connectivity index (χ3n) is 2.94. The Morgan fingerprint density at radius 1 is 1.47 bits per heavy atom. The number of rotatable bonds is 7. The molecule has 1 atom stereocenters. The Kier molecular flexibility index (Phi) is 7.68. The lowest BCUT2D eigenvalue weighted by molar-refractivity contribution is 0.0945. The van der Waals surface area contributed by atoms with Gasteiger partial charge in [0.05, 0.1) is 5.56 Å². The van der Waals surface area contributed by atoms with Crippen LogP contribution in [0.2, 0.25) is 0 Å². The summed E-state index contributed by atoms with van der Waals surface area (Å²) in [7, 11) is 0. The molecule has 0 saturated carbocycles. The average molecular weight is 398 g/mol. The van der Waals surface area contributed by atoms with Crippen molar-refractivity contribution in [3.8, 4) is 0 Å². The second-order valence-electron chi connectivity index (χ2n) is 4.47. The molecule has 0 spiro atoms. The van der Waals surface area contributed by atoms with Crippen LogP contribution in [0.1, 0.15) is 36.5 Å². The molecule has 1 amide bonds. The van der Waals surface area contributed by atoms with E-state index in [2.05, 4.69) is 12.2 Å². The fourth-order valence-corrected chi connectivity index (χ4v) is 2.95. The molecule has 0 radical (unpaired) electrons. The summed E-state index contributed by atoms with van der Waals surface area (Å²) >= 11 is 7.72. The van der Waals surface area contributed by atoms with E-state index in [1.807, 2.05) is 22.6 Å². The van der Waals surface area contributed by atoms with Crippen LogP contribution in [0, 0.1) is 15.3 Å². The molecular weight excluding hydrogens is 380 g/mol. The van der Waals surface area contributed by atoms with E-state index in [9.17, 15) is 9.18 Å². The molecule has 2 nitrogen and oxygen atoms in total. The molecule has 1 aromatic carbocycles. The van der Waals surface area contributed by atoms with E-state index in [1.54, 1.807) is 0 Å². The minimum absolute atomic E-state index is 0.153. The SMILES string of the molecule is CCCC(CCCl)CNC(=O)c1ccc(F)cc1I. The lowest BCUT2D eigenvalue weighted by Gasteiger charge is -2.16. The van der Waals surface area contributed by atoms with Gasteiger partial charge >= 0.3 is 0 Å². The number of halogens is 3. The van der Waals surface area contributed by atoms with Crippen LogP contribution in [-0.4, -0.2) is 18.3 Å². The molecule has 1 rings (SSSR count). The standard InChI is InChI=1S/C14H18ClFINO/c1-2-3-10(6-7-15)9-18-14(19)12-5-4-11(16)8-13(12)17/h4-5,8,10H,2-3,6-7,9H2,1H3,(H,18,19). The topological polar surface area (TPSA) is 29.1 Å². The average Bonchev–Trinajstić information content (AvgIpc) is 2.36. The van der Waals surface area contributed by atoms with Crippen LogP contribution in [0.25, 0.3) is 0 Å². The van der Waals surface area contributed by atoms with Gasteiger partial charge in [0, 0.05) is 16.0 Å². The van der Waals surface area contributed by atoms with E-state index in [1.165, 1.54) is 18.2 Å². The molecule has 0 aromatic heterocycles. The molecule has 0 heterocycles. The van der Waals surface area contributed by atoms with Gasteiger partial charge in [-0.3, -0.25) is 4.79 Å². The molecule has 0 bridgehead atoms. The first kappa shape index (κ1) is 16.7. The Morgan fingerprint density at radius 3 is 2.79 bits per heavy atom. The fraction of sp³-hybridized carbons (Fsp3) is 0.500. The summed E-state index contributed by atoms with van der Waals surface area (Å²) in [5.74, 6) is 0.533. The number of benzene rings is 1. The van der Waals surface area contributed by atoms with Crippen LogP contribution in [0.5, 0.6) is 0 Å². The fourth-order valence-electron chi connectivity index (χ4n) is 1.92. The Balaban J connectivity index is 2.58. The molecule has 0 aliphatic carbocycles. The lowest BCUT2D eigenvalue weighted by atomic mass is 10.0. The van der Waals surface area contributed by atoms with Crippen LogP contribution in [-0.2, 0) is 0 Å². The van der Waals surface area contributed by atoms with Crippen molar-refractivity contribution in [2.24, 2.45) is 5.92 Å². The molecule has 1 N–H and O–H groups in total. The van der Waals surface area contributed by atoms with Crippen molar-refractivity contribution in [3.63, 3.8) is 0 Å². The van der Waals surface area contributed by atoms with Gasteiger partial charge in [0.1, 0.15) is 5.82 Å². The summed E-state index contributed by atoms with van der Waals surface area (Å²) < 4.78 is 13.6. The highest BCUT2D eigenvalue weighted by atomic mass is 127. The predicted molar refractivity (Wildman–Crippen MR) is 85.2 cm³/mol. The highest BCUT2D eigenvalue weighted by Gasteiger charge is 2.13. The van der Waals surface area contributed by atoms with E-state index in [-0.39, 0.29) is 11.7 Å². The van der Waals surface area contributed by atoms with E-state index in [0.29, 0.717) is 27.5 Å². The van der Waals surface area contributed by atoms with Gasteiger partial charge in [-0.05, 0) is 59.5 Å². The zero-order valence-electron chi connectivity index (χ0n) is 10.9. The number of amides is 1. The Morgan fingerprint density at radius 2 is 2.21 bits per heavy atom. The molecule has 5 heteroatoms. The Labute approximate surface area is 132 Å². The number of carbonyl (C=O) groups is 1. The van der Waals surface area contributed by atoms with Gasteiger partial charge in [-0.2, -0.15) is 0 Å². The molecular formula is C14H18ClFINO. The molecule has 1 aromatic rings. The highest BCUT2D eigenvalue weighted by molar-refractivity contribution is 14.1. The van der Waals surface area contributed by atoms with E-state index in [4.69, 9.17) is 11.6 Å². The molecule has 0 fully saturated rings. The summed E-state index contributed by atoms with van der Waals surface area (Å²) in [5.41, 5.74) is 0.517. The van der Waals surface area contributed by atoms with Crippen LogP contribution in [0.15, 0.2) is 18.2 Å². The number of alkyl halides is 1. The van der Waals surface area contributed by atoms with Gasteiger partial charge in [0.2, 0.25) is 0 Å². The van der Waals surface area contributed by atoms with Crippen molar-refractivity contribution in [3.05, 3.63) is 33.1 Å². The number of hydrogen-bond acceptors (Lipinski definition) is 1. The maximum absolute atomic E-state index is 13.0. The van der Waals surface area contributed by atoms with Crippen molar-refractivity contribution in [1.82, 2.24) is 5.32 Å². The van der Waals surface area contributed by atoms with Gasteiger partial charge < -0.3 is 5.32 Å². The Hall–Kier alpha value is -0.360. The summed E-state index contributed by atoms with van der Waals surface area (Å²) in [4.78, 5) is 12.0. The van der Waals surface area contributed by atoms with Crippen molar-refractivity contribution >= 4 is 40.1 Å². The second kappa shape index (κ2) is 8.74. The zero-order chi connectivity index (χ0) is 14.3. The Bertz CT molecular complexity index is 422. The van der Waals surface area contributed by atoms with Crippen LogP contribution in [0.4, 0.5) is 4.39 Å². The van der Waals surface area contributed by atoms with Gasteiger partial charge in [0.15, 0.2) is 0 Å². The quantitative estimate of drug-likeness (QED) is 0.542. The lowest BCUT2D eigenvalue weighted by Crippen LogP contribution is -2.30. The van der Waals surface area contributed by atoms with E-state index < -0.39 is 0 Å². The van der Waals surface area contributed by atoms with Crippen LogP contribution >= 0.6 is 34.2 Å². The normalized spacial score (nSPS) is 12.2. The molecule has 1 unspecified atom stereocenters. The third kappa shape index (κ3) is 5.65. The maximum atomic E-state index is 13.0. The third-order valence-corrected chi connectivity index (χ3v) is 4.05. The minimum Gasteiger partial charge on any atom is -0.352 e. The molecule has 106 valence electrons. The van der Waals surface area contributed by atoms with Crippen molar-refractivity contribution in [2.75, 3.05) is 12.4 Å². The van der Waals surface area contributed by atoms with Crippen LogP contribution in [0.3, 0.4) is 0 Å². The van der Waals surface area contributed by atoms with Gasteiger partial charge in [-0.1, -0.05) is 13.3 Å². The van der Waals surface area contributed by atoms with Crippen molar-refractivity contribution < 1.29 is 9.18 Å². The first-order valence-corrected chi connectivity index (χ1v) is 7.99. The minimum atomic E-state index is -0.327. The van der Waals surface area contributed by atoms with Crippen molar-refractivity contribution in [1.29, 1.82) is 0 Å². The number of hydrogen-bond donors (Lipinski definition) is 1. The molecule has 0 aliphatic heterocycles. The molecule has 19 heavy (non-hydrogen) atoms. The molecule has 0 aliphatic rings. The first-order valence-electron chi connectivity index (χ1n) is 6.37. The zero-order valence-corrected chi connectivity index (χ0v) is 13.8. The smallest absolute Gasteiger partial charge is 0.252 e. The largest absolute Gasteiger partial charge is 0.352 e. The van der Waals surface area contributed by atoms with E-state index in [0.717, 1.165) is 19.3 Å². The number of nitrogens with one attached hydrogen (secondary N) is 1. The van der Waals surface area contributed by atoms with Gasteiger partial charge in [-0.15, -0.1) is 11.6 Å². The maximum Gasteiger partial charge on any atom is 0.252 e. The predicted octanol–water partition coefficient (Wildman–Crippen LogP) is 4.21. The summed E-state index contributed by atoms with van der Waals surface area (Å²) in [6, 6.07) is 4.18. The summed E-state index contributed by atoms with van der Waals surface area (Å²) in [6.45, 7) is 2.73. The second-order valence-corrected chi connectivity index (χ2v) is 6.01. The van der Waals surface area contributed by atoms with E-state index >= 15 is 0 Å². The summed E-state index contributed by atoms with van der Waals surface area (Å²) in [6.07, 6.45) is 3.02. The highest BCUT2D eigenvalue weighted by Crippen LogP contribution is 2.15. The molecule has 0 saturated heterocycles. The summed E-state index contributed by atoms with van der Waals surface area (Å²) in [5, 5.41) is 2.90. The first-order chi connectivity index (χ1) is 9.08. The van der Waals surface area contributed by atoms with Gasteiger partial charge in [0.25, 0.3) is 5.91 Å². The monoisotopic (exact) mass is 397 g/mol. The van der Waals surface area contributed by atoms with Crippen LogP contribution < -0.4 is 5.32 Å². The number of carbonyl (C=O) groups excluding carboxylic acids is 1. The van der Waals surface area contributed by atoms with Crippen molar-refractivity contribution in [2.45, 2.75) is 26.2 Å².